The van der Waals surface area contributed by atoms with Crippen molar-refractivity contribution in [1.82, 2.24) is 14.6 Å². The number of anilines is 1. The molecule has 2 aromatic heterocycles. The summed E-state index contributed by atoms with van der Waals surface area (Å²) in [4.78, 5) is 6.56. The highest BCUT2D eigenvalue weighted by molar-refractivity contribution is 5.65. The molecule has 3 heterocycles. The number of nitriles is 1. The van der Waals surface area contributed by atoms with E-state index in [2.05, 4.69) is 9.88 Å². The number of benzene rings is 1. The van der Waals surface area contributed by atoms with Crippen molar-refractivity contribution in [2.45, 2.75) is 26.1 Å². The molecule has 26 heavy (non-hydrogen) atoms. The van der Waals surface area contributed by atoms with Crippen LogP contribution in [-0.2, 0) is 4.74 Å². The van der Waals surface area contributed by atoms with E-state index in [1.165, 1.54) is 12.1 Å². The van der Waals surface area contributed by atoms with E-state index in [4.69, 9.17) is 15.1 Å². The van der Waals surface area contributed by atoms with E-state index in [1.54, 1.807) is 16.8 Å². The number of nitrogens with zero attached hydrogens (tertiary/aromatic N) is 5. The number of halogens is 1. The van der Waals surface area contributed by atoms with Gasteiger partial charge < -0.3 is 9.64 Å². The number of morpholine rings is 1. The van der Waals surface area contributed by atoms with Gasteiger partial charge in [-0.25, -0.2) is 13.9 Å². The van der Waals surface area contributed by atoms with Crippen LogP contribution in [0.2, 0.25) is 0 Å². The summed E-state index contributed by atoms with van der Waals surface area (Å²) < 4.78 is 21.1. The monoisotopic (exact) mass is 351 g/mol. The summed E-state index contributed by atoms with van der Waals surface area (Å²) >= 11 is 0. The van der Waals surface area contributed by atoms with Gasteiger partial charge in [-0.05, 0) is 44.2 Å². The van der Waals surface area contributed by atoms with Gasteiger partial charge in [0.25, 0.3) is 0 Å². The predicted molar refractivity (Wildman–Crippen MR) is 95.3 cm³/mol. The van der Waals surface area contributed by atoms with Crippen LogP contribution in [0.1, 0.15) is 19.4 Å². The van der Waals surface area contributed by atoms with E-state index in [0.717, 1.165) is 18.9 Å². The molecule has 4 rings (SSSR count). The minimum atomic E-state index is -0.532. The molecule has 1 saturated heterocycles. The van der Waals surface area contributed by atoms with Gasteiger partial charge in [0.05, 0.1) is 29.7 Å². The Morgan fingerprint density at radius 3 is 2.69 bits per heavy atom. The Labute approximate surface area is 150 Å². The molecule has 132 valence electrons. The summed E-state index contributed by atoms with van der Waals surface area (Å²) in [6.07, 6.45) is 1.95. The molecule has 0 bridgehead atoms. The summed E-state index contributed by atoms with van der Waals surface area (Å²) in [6, 6.07) is 10.2. The van der Waals surface area contributed by atoms with Crippen molar-refractivity contribution in [3.05, 3.63) is 47.9 Å². The molecular formula is C19H18FN5O. The second kappa shape index (κ2) is 6.39. The Morgan fingerprint density at radius 2 is 1.96 bits per heavy atom. The van der Waals surface area contributed by atoms with Crippen LogP contribution in [0.5, 0.6) is 0 Å². The van der Waals surface area contributed by atoms with Gasteiger partial charge >= 0.3 is 0 Å². The molecule has 0 N–H and O–H groups in total. The molecule has 0 radical (unpaired) electrons. The zero-order valence-electron chi connectivity index (χ0n) is 14.6. The average molecular weight is 351 g/mol. The molecule has 1 aromatic carbocycles. The van der Waals surface area contributed by atoms with E-state index in [-0.39, 0.29) is 17.8 Å². The van der Waals surface area contributed by atoms with Crippen molar-refractivity contribution in [2.75, 3.05) is 18.0 Å². The minimum absolute atomic E-state index is 0.00411. The molecule has 0 amide bonds. The fourth-order valence-corrected chi connectivity index (χ4v) is 3.36. The number of hydrogen-bond donors (Lipinski definition) is 0. The highest BCUT2D eigenvalue weighted by Crippen LogP contribution is 2.25. The molecule has 1 aliphatic rings. The third-order valence-electron chi connectivity index (χ3n) is 4.47. The van der Waals surface area contributed by atoms with Crippen LogP contribution in [0.3, 0.4) is 0 Å². The van der Waals surface area contributed by atoms with Gasteiger partial charge in [-0.3, -0.25) is 0 Å². The second-order valence-electron chi connectivity index (χ2n) is 6.57. The maximum absolute atomic E-state index is 13.6. The first-order valence-electron chi connectivity index (χ1n) is 8.50. The topological polar surface area (TPSA) is 66.5 Å². The van der Waals surface area contributed by atoms with E-state index in [9.17, 15) is 4.39 Å². The number of hydrogen-bond acceptors (Lipinski definition) is 5. The van der Waals surface area contributed by atoms with Crippen molar-refractivity contribution in [2.24, 2.45) is 0 Å². The van der Waals surface area contributed by atoms with E-state index in [0.29, 0.717) is 16.9 Å². The molecule has 3 aromatic rings. The third-order valence-corrected chi connectivity index (χ3v) is 4.47. The zero-order chi connectivity index (χ0) is 18.3. The molecule has 1 fully saturated rings. The predicted octanol–water partition coefficient (Wildman–Crippen LogP) is 3.02. The smallest absolute Gasteiger partial charge is 0.154 e. The summed E-state index contributed by atoms with van der Waals surface area (Å²) in [5.74, 6) is 0.302. The Kier molecular flexibility index (Phi) is 4.05. The van der Waals surface area contributed by atoms with E-state index in [1.807, 2.05) is 32.0 Å². The summed E-state index contributed by atoms with van der Waals surface area (Å²) in [7, 11) is 0. The van der Waals surface area contributed by atoms with Crippen LogP contribution in [0.4, 0.5) is 10.2 Å². The van der Waals surface area contributed by atoms with Crippen LogP contribution in [0.15, 0.2) is 36.5 Å². The molecule has 0 aliphatic carbocycles. The Morgan fingerprint density at radius 1 is 1.19 bits per heavy atom. The highest BCUT2D eigenvalue weighted by Gasteiger charge is 2.23. The van der Waals surface area contributed by atoms with Gasteiger partial charge in [0.1, 0.15) is 17.7 Å². The van der Waals surface area contributed by atoms with Gasteiger partial charge in [-0.1, -0.05) is 0 Å². The lowest BCUT2D eigenvalue weighted by molar-refractivity contribution is -0.00551. The standard InChI is InChI=1S/C19H18FN5O/c1-12-10-24(11-13(2)26-12)19-6-5-18-22-9-17(25(18)23-19)14-3-4-16(20)15(7-14)8-21/h3-7,9,12-13H,10-11H2,1-2H3/t12-,13+. The zero-order valence-corrected chi connectivity index (χ0v) is 14.6. The van der Waals surface area contributed by atoms with Crippen LogP contribution < -0.4 is 4.90 Å². The SMILES string of the molecule is C[C@@H]1CN(c2ccc3ncc(-c4ccc(F)c(C#N)c4)n3n2)C[C@H](C)O1. The number of ether oxygens (including phenoxy) is 1. The highest BCUT2D eigenvalue weighted by atomic mass is 19.1. The van der Waals surface area contributed by atoms with Crippen molar-refractivity contribution in [3.8, 4) is 17.3 Å². The van der Waals surface area contributed by atoms with Gasteiger partial charge in [-0.15, -0.1) is 5.10 Å². The van der Waals surface area contributed by atoms with E-state index < -0.39 is 5.82 Å². The third kappa shape index (κ3) is 2.89. The van der Waals surface area contributed by atoms with Crippen LogP contribution in [-0.4, -0.2) is 39.9 Å². The van der Waals surface area contributed by atoms with Crippen LogP contribution in [0.25, 0.3) is 16.9 Å². The average Bonchev–Trinajstić information content (AvgIpc) is 3.04. The molecule has 7 heteroatoms. The number of rotatable bonds is 2. The normalized spacial score (nSPS) is 20.3. The quantitative estimate of drug-likeness (QED) is 0.710. The Balaban J connectivity index is 1.77. The molecule has 1 aliphatic heterocycles. The van der Waals surface area contributed by atoms with Gasteiger partial charge in [0, 0.05) is 18.7 Å². The maximum atomic E-state index is 13.6. The Hall–Kier alpha value is -2.98. The lowest BCUT2D eigenvalue weighted by Gasteiger charge is -2.35. The summed E-state index contributed by atoms with van der Waals surface area (Å²) in [5, 5.41) is 13.8. The largest absolute Gasteiger partial charge is 0.372 e. The molecular weight excluding hydrogens is 333 g/mol. The van der Waals surface area contributed by atoms with E-state index >= 15 is 0 Å². The molecule has 0 unspecified atom stereocenters. The number of aromatic nitrogens is 3. The van der Waals surface area contributed by atoms with Crippen LogP contribution in [0, 0.1) is 17.1 Å². The van der Waals surface area contributed by atoms with Gasteiger partial charge in [-0.2, -0.15) is 5.26 Å². The first-order valence-corrected chi connectivity index (χ1v) is 8.50. The fraction of sp³-hybridized carbons (Fsp3) is 0.316. The van der Waals surface area contributed by atoms with Crippen LogP contribution >= 0.6 is 0 Å². The van der Waals surface area contributed by atoms with Crippen molar-refractivity contribution < 1.29 is 9.13 Å². The lowest BCUT2D eigenvalue weighted by atomic mass is 10.1. The van der Waals surface area contributed by atoms with Crippen molar-refractivity contribution in [1.29, 1.82) is 5.26 Å². The summed E-state index contributed by atoms with van der Waals surface area (Å²) in [5.41, 5.74) is 2.11. The molecule has 2 atom stereocenters. The minimum Gasteiger partial charge on any atom is -0.372 e. The summed E-state index contributed by atoms with van der Waals surface area (Å²) in [6.45, 7) is 5.63. The van der Waals surface area contributed by atoms with Gasteiger partial charge in [0.2, 0.25) is 0 Å². The van der Waals surface area contributed by atoms with Crippen molar-refractivity contribution in [3.63, 3.8) is 0 Å². The number of imidazole rings is 1. The first-order chi connectivity index (χ1) is 12.5. The first kappa shape index (κ1) is 16.5. The number of fused-ring (bicyclic) bond motifs is 1. The second-order valence-corrected chi connectivity index (χ2v) is 6.57. The maximum Gasteiger partial charge on any atom is 0.154 e. The molecule has 6 nitrogen and oxygen atoms in total. The fourth-order valence-electron chi connectivity index (χ4n) is 3.36. The molecule has 0 saturated carbocycles. The van der Waals surface area contributed by atoms with Gasteiger partial charge in [0.15, 0.2) is 5.65 Å². The lowest BCUT2D eigenvalue weighted by Crippen LogP contribution is -2.46. The van der Waals surface area contributed by atoms with Crippen molar-refractivity contribution >= 4 is 11.5 Å². The Bertz CT molecular complexity index is 999. The molecule has 0 spiro atoms.